The van der Waals surface area contributed by atoms with Crippen molar-refractivity contribution in [3.05, 3.63) is 53.1 Å². The topological polar surface area (TPSA) is 345 Å². The molecule has 2 aromatic heterocycles. The molecule has 1 aliphatic heterocycles. The lowest BCUT2D eigenvalue weighted by Gasteiger charge is -2.21. The number of aliphatic hydroxyl groups is 2. The summed E-state index contributed by atoms with van der Waals surface area (Å²) in [6.07, 6.45) is -5.56. The maximum atomic E-state index is 12.6. The number of hydrogen-bond donors (Lipinski definition) is 9. The molecule has 0 radical (unpaired) electrons. The molecule has 2 aromatic carbocycles. The summed E-state index contributed by atoms with van der Waals surface area (Å²) >= 11 is 0. The Bertz CT molecular complexity index is 2140. The summed E-state index contributed by atoms with van der Waals surface area (Å²) in [6.45, 7) is -1.06. The zero-order valence-corrected chi connectivity index (χ0v) is 26.0. The number of fused-ring (bicyclic) bond motifs is 2. The number of aliphatic hydroxyl groups excluding tert-OH is 2. The van der Waals surface area contributed by atoms with Crippen LogP contribution in [-0.4, -0.2) is 82.3 Å². The van der Waals surface area contributed by atoms with E-state index in [1.54, 1.807) is 0 Å². The fourth-order valence-corrected chi connectivity index (χ4v) is 8.92. The van der Waals surface area contributed by atoms with Crippen molar-refractivity contribution in [2.45, 2.75) is 29.4 Å². The van der Waals surface area contributed by atoms with Crippen molar-refractivity contribution in [1.82, 2.24) is 19.5 Å². The Morgan fingerprint density at radius 3 is 2.39 bits per heavy atom. The highest BCUT2D eigenvalue weighted by Gasteiger charge is 2.47. The van der Waals surface area contributed by atoms with Crippen molar-refractivity contribution < 1.29 is 69.4 Å². The first-order chi connectivity index (χ1) is 21.3. The molecule has 7 unspecified atom stereocenters. The lowest BCUT2D eigenvalue weighted by atomic mass is 10.1. The smallest absolute Gasteiger partial charge is 0.387 e. The molecule has 0 aliphatic carbocycles. The predicted molar refractivity (Wildman–Crippen MR) is 153 cm³/mol. The third-order valence-corrected chi connectivity index (χ3v) is 11.6. The highest BCUT2D eigenvalue weighted by Crippen LogP contribution is 2.67. The van der Waals surface area contributed by atoms with Crippen LogP contribution < -0.4 is 16.4 Å². The van der Waals surface area contributed by atoms with Gasteiger partial charge in [0.25, 0.3) is 15.7 Å². The van der Waals surface area contributed by atoms with Crippen LogP contribution in [0.4, 0.5) is 11.6 Å². The van der Waals surface area contributed by atoms with Gasteiger partial charge in [-0.3, -0.25) is 28.5 Å². The highest BCUT2D eigenvalue weighted by atomic mass is 32.2. The molecule has 5 rings (SSSR count). The van der Waals surface area contributed by atoms with Gasteiger partial charge in [-0.05, 0) is 12.1 Å². The largest absolute Gasteiger partial charge is 0.489 e. The number of rotatable bonds is 11. The van der Waals surface area contributed by atoms with Gasteiger partial charge < -0.3 is 35.4 Å². The Morgan fingerprint density at radius 2 is 1.70 bits per heavy atom. The van der Waals surface area contributed by atoms with E-state index in [1.165, 1.54) is 24.3 Å². The third-order valence-electron chi connectivity index (χ3n) is 6.31. The van der Waals surface area contributed by atoms with Crippen LogP contribution in [0.5, 0.6) is 0 Å². The SMILES string of the molecule is Nc1nc2c(ncn2C2OC(COP(=O)(O)OP(=O)(O)OP(=O)(O)Nc3cccc4c(S(=O)(=O)O)cccc34)C(O)C2O)c(=O)[nH]1. The summed E-state index contributed by atoms with van der Waals surface area (Å²) in [6, 6.07) is 7.14. The van der Waals surface area contributed by atoms with Crippen LogP contribution in [0.2, 0.25) is 0 Å². The first-order valence-corrected chi connectivity index (χ1v) is 18.3. The number of aromatic amines is 1. The summed E-state index contributed by atoms with van der Waals surface area (Å²) in [7, 11) is -21.7. The van der Waals surface area contributed by atoms with Crippen LogP contribution in [-0.2, 0) is 41.7 Å². The molecule has 1 saturated heterocycles. The Kier molecular flexibility index (Phi) is 9.05. The van der Waals surface area contributed by atoms with E-state index < -0.39 is 75.1 Å². The molecule has 1 fully saturated rings. The first kappa shape index (κ1) is 34.2. The number of imidazole rings is 1. The fraction of sp³-hybridized carbons (Fsp3) is 0.250. The number of nitrogens with two attached hydrogens (primary N) is 1. The molecule has 10 N–H and O–H groups in total. The minimum Gasteiger partial charge on any atom is -0.387 e. The Labute approximate surface area is 255 Å². The zero-order chi connectivity index (χ0) is 33.8. The van der Waals surface area contributed by atoms with E-state index in [9.17, 15) is 56.4 Å². The Hall–Kier alpha value is -3.11. The van der Waals surface area contributed by atoms with Gasteiger partial charge in [0, 0.05) is 10.8 Å². The second kappa shape index (κ2) is 12.2. The van der Waals surface area contributed by atoms with Crippen molar-refractivity contribution in [3.63, 3.8) is 0 Å². The van der Waals surface area contributed by atoms with E-state index in [1.807, 2.05) is 5.09 Å². The number of anilines is 2. The monoisotopic (exact) mass is 728 g/mol. The number of H-pyrrole nitrogens is 1. The zero-order valence-electron chi connectivity index (χ0n) is 22.5. The van der Waals surface area contributed by atoms with E-state index in [-0.39, 0.29) is 33.6 Å². The minimum atomic E-state index is -5.91. The van der Waals surface area contributed by atoms with Crippen LogP contribution >= 0.6 is 23.4 Å². The molecule has 22 nitrogen and oxygen atoms in total. The van der Waals surface area contributed by atoms with E-state index in [0.29, 0.717) is 0 Å². The number of nitrogen functional groups attached to an aromatic ring is 1. The van der Waals surface area contributed by atoms with Crippen LogP contribution in [0.15, 0.2) is 52.4 Å². The number of benzene rings is 2. The molecular weight excluding hydrogens is 705 g/mol. The number of aromatic nitrogens is 4. The molecule has 250 valence electrons. The maximum Gasteiger partial charge on any atom is 0.489 e. The van der Waals surface area contributed by atoms with E-state index in [0.717, 1.165) is 23.0 Å². The van der Waals surface area contributed by atoms with Gasteiger partial charge in [0.2, 0.25) is 5.95 Å². The number of phosphoric ester groups is 1. The summed E-state index contributed by atoms with van der Waals surface area (Å²) in [5.41, 5.74) is 4.17. The number of hydrogen-bond acceptors (Lipinski definition) is 15. The van der Waals surface area contributed by atoms with E-state index >= 15 is 0 Å². The summed E-state index contributed by atoms with van der Waals surface area (Å²) in [5.74, 6) is -0.299. The second-order valence-corrected chi connectivity index (χ2v) is 15.6. The third kappa shape index (κ3) is 7.23. The van der Waals surface area contributed by atoms with Gasteiger partial charge in [-0.15, -0.1) is 0 Å². The van der Waals surface area contributed by atoms with Gasteiger partial charge >= 0.3 is 23.4 Å². The standard InChI is InChI=1S/C20H23N6O16P3S/c21-20-23-17-14(18(29)24-20)22-8-26(17)19-16(28)15(27)12(40-19)7-39-44(32,33)42-45(34,35)41-43(30,31)25-11-5-1-4-10-9(11)3-2-6-13(10)46(36,37)38/h1-6,8,12,15-16,19,27-28H,7H2,(H,32,33)(H,34,35)(H2,25,30,31)(H,36,37,38)(H3,21,23,24,29). The summed E-state index contributed by atoms with van der Waals surface area (Å²) in [4.78, 5) is 51.6. The summed E-state index contributed by atoms with van der Waals surface area (Å²) in [5, 5.41) is 22.6. The molecule has 4 aromatic rings. The molecule has 0 amide bonds. The Balaban J connectivity index is 1.25. The van der Waals surface area contributed by atoms with Crippen LogP contribution in [0.3, 0.4) is 0 Å². The van der Waals surface area contributed by atoms with E-state index in [4.69, 9.17) is 10.5 Å². The van der Waals surface area contributed by atoms with Crippen molar-refractivity contribution in [2.24, 2.45) is 0 Å². The minimum absolute atomic E-state index is 0.0503. The van der Waals surface area contributed by atoms with Crippen molar-refractivity contribution in [1.29, 1.82) is 0 Å². The number of phosphoric acid groups is 2. The van der Waals surface area contributed by atoms with Gasteiger partial charge in [0.05, 0.1) is 18.6 Å². The van der Waals surface area contributed by atoms with Crippen LogP contribution in [0.1, 0.15) is 6.23 Å². The molecule has 0 spiro atoms. The van der Waals surface area contributed by atoms with Crippen molar-refractivity contribution >= 4 is 67.1 Å². The number of ether oxygens (including phenoxy) is 1. The molecule has 0 saturated carbocycles. The van der Waals surface area contributed by atoms with Gasteiger partial charge in [-0.1, -0.05) is 24.3 Å². The quantitative estimate of drug-likeness (QED) is 0.0734. The fourth-order valence-electron chi connectivity index (χ4n) is 4.48. The summed E-state index contributed by atoms with van der Waals surface area (Å²) < 4.78 is 89.6. The molecule has 1 aliphatic rings. The van der Waals surface area contributed by atoms with Crippen molar-refractivity contribution in [3.8, 4) is 0 Å². The lowest BCUT2D eigenvalue weighted by molar-refractivity contribution is -0.0503. The number of nitrogens with zero attached hydrogens (tertiary/aromatic N) is 3. The number of nitrogens with one attached hydrogen (secondary N) is 2. The average Bonchev–Trinajstić information content (AvgIpc) is 3.45. The van der Waals surface area contributed by atoms with Gasteiger partial charge in [0.1, 0.15) is 23.2 Å². The Morgan fingerprint density at radius 1 is 1.02 bits per heavy atom. The molecule has 26 heteroatoms. The second-order valence-electron chi connectivity index (χ2n) is 9.48. The molecule has 0 bridgehead atoms. The van der Waals surface area contributed by atoms with E-state index in [2.05, 4.69) is 28.1 Å². The predicted octanol–water partition coefficient (Wildman–Crippen LogP) is 0.184. The first-order valence-electron chi connectivity index (χ1n) is 12.3. The highest BCUT2D eigenvalue weighted by molar-refractivity contribution is 7.86. The van der Waals surface area contributed by atoms with Crippen LogP contribution in [0.25, 0.3) is 21.9 Å². The van der Waals surface area contributed by atoms with Crippen LogP contribution in [0, 0.1) is 0 Å². The van der Waals surface area contributed by atoms with Gasteiger partial charge in [0.15, 0.2) is 17.4 Å². The maximum absolute atomic E-state index is 12.6. The molecule has 46 heavy (non-hydrogen) atoms. The van der Waals surface area contributed by atoms with Gasteiger partial charge in [-0.2, -0.15) is 22.0 Å². The van der Waals surface area contributed by atoms with Crippen molar-refractivity contribution in [2.75, 3.05) is 17.4 Å². The molecule has 7 atom stereocenters. The molecular formula is C20H23N6O16P3S. The van der Waals surface area contributed by atoms with Gasteiger partial charge in [-0.25, -0.2) is 18.7 Å². The molecule has 3 heterocycles. The average molecular weight is 728 g/mol. The normalized spacial score (nSPS) is 24.4. The lowest BCUT2D eigenvalue weighted by Crippen LogP contribution is -2.33.